The minimum absolute atomic E-state index is 0.00639. The fourth-order valence-electron chi connectivity index (χ4n) is 6.05. The van der Waals surface area contributed by atoms with E-state index in [0.717, 1.165) is 0 Å². The fraction of sp³-hybridized carbons (Fsp3) is 0.696. The molecule has 1 aromatic rings. The number of thioether (sulfide) groups is 1. The molecule has 3 saturated heterocycles. The molecular weight excluding hydrogens is 519 g/mol. The average molecular weight is 551 g/mol. The van der Waals surface area contributed by atoms with Crippen molar-refractivity contribution >= 4 is 35.3 Å². The largest absolute Gasteiger partial charge is 0.477 e. The molecule has 4 aliphatic heterocycles. The number of nitrogens with one attached hydrogen (secondary N) is 1. The number of β-lactam (4-membered cyclic amide) rings is 1. The number of carboxylic acids is 1. The quantitative estimate of drug-likeness (QED) is 0.305. The van der Waals surface area contributed by atoms with E-state index < -0.39 is 23.6 Å². The van der Waals surface area contributed by atoms with Crippen LogP contribution in [-0.2, 0) is 25.7 Å². The van der Waals surface area contributed by atoms with Gasteiger partial charge in [-0.3, -0.25) is 14.4 Å². The van der Waals surface area contributed by atoms with Crippen LogP contribution in [0.15, 0.2) is 16.9 Å². The minimum atomic E-state index is -1.52. The maximum Gasteiger partial charge on any atom is 0.353 e. The van der Waals surface area contributed by atoms with E-state index >= 15 is 0 Å². The molecule has 38 heavy (non-hydrogen) atoms. The Morgan fingerprint density at radius 2 is 2.11 bits per heavy atom. The van der Waals surface area contributed by atoms with Crippen molar-refractivity contribution in [2.24, 2.45) is 23.5 Å². The fourth-order valence-corrected chi connectivity index (χ4v) is 7.53. The van der Waals surface area contributed by atoms with Gasteiger partial charge in [0, 0.05) is 35.6 Å². The number of Topliss-reactive ketones (excluding diaryl/α,β-unsaturated/α-hetero) is 1. The van der Waals surface area contributed by atoms with Gasteiger partial charge in [0.2, 0.25) is 11.8 Å². The molecule has 0 saturated carbocycles. The predicted octanol–water partition coefficient (Wildman–Crippen LogP) is -0.986. The number of hydrogen-bond acceptors (Lipinski definition) is 10. The summed E-state index contributed by atoms with van der Waals surface area (Å²) in [5, 5.41) is 23.8. The van der Waals surface area contributed by atoms with Crippen molar-refractivity contribution in [3.63, 3.8) is 0 Å². The maximum atomic E-state index is 14.1. The van der Waals surface area contributed by atoms with E-state index in [-0.39, 0.29) is 79.0 Å². The zero-order chi connectivity index (χ0) is 27.4. The van der Waals surface area contributed by atoms with Crippen molar-refractivity contribution in [2.45, 2.75) is 56.2 Å². The average Bonchev–Trinajstić information content (AvgIpc) is 3.57. The summed E-state index contributed by atoms with van der Waals surface area (Å²) in [5.41, 5.74) is 3.90. The van der Waals surface area contributed by atoms with E-state index in [1.807, 2.05) is 13.8 Å². The molecule has 206 valence electrons. The number of nitrogens with two attached hydrogens (primary N) is 1. The van der Waals surface area contributed by atoms with Crippen molar-refractivity contribution in [3.05, 3.63) is 16.9 Å². The van der Waals surface area contributed by atoms with E-state index in [9.17, 15) is 28.7 Å². The highest BCUT2D eigenvalue weighted by molar-refractivity contribution is 8.03. The Hall–Kier alpha value is -2.91. The smallest absolute Gasteiger partial charge is 0.353 e. The van der Waals surface area contributed by atoms with E-state index in [0.29, 0.717) is 17.9 Å². The number of carbonyl (C=O) groups is 4. The third-order valence-electron chi connectivity index (χ3n) is 7.99. The van der Waals surface area contributed by atoms with Gasteiger partial charge in [0.05, 0.1) is 31.1 Å². The number of amides is 2. The number of hydrogen-bond donors (Lipinski definition) is 3. The Morgan fingerprint density at radius 3 is 2.74 bits per heavy atom. The molecule has 5 rings (SSSR count). The second-order valence-electron chi connectivity index (χ2n) is 10.7. The van der Waals surface area contributed by atoms with Crippen molar-refractivity contribution in [2.75, 3.05) is 26.2 Å². The van der Waals surface area contributed by atoms with Crippen molar-refractivity contribution in [1.29, 1.82) is 0 Å². The number of likely N-dealkylation sites (tertiary alicyclic amines) is 1. The number of carbonyl (C=O) groups excluding carboxylic acids is 3. The molecule has 2 amide bonds. The molecule has 5 heterocycles. The molecule has 13 nitrogen and oxygen atoms in total. The van der Waals surface area contributed by atoms with Crippen LogP contribution in [0, 0.1) is 17.8 Å². The Bertz CT molecular complexity index is 1170. The minimum Gasteiger partial charge on any atom is -0.477 e. The summed E-state index contributed by atoms with van der Waals surface area (Å²) in [6.07, 6.45) is 1.96. The maximum absolute atomic E-state index is 14.1. The van der Waals surface area contributed by atoms with E-state index in [1.165, 1.54) is 32.6 Å². The third kappa shape index (κ3) is 4.60. The lowest BCUT2D eigenvalue weighted by atomic mass is 9.73. The summed E-state index contributed by atoms with van der Waals surface area (Å²) in [5.74, 6) is -2.74. The van der Waals surface area contributed by atoms with Crippen LogP contribution >= 0.6 is 11.8 Å². The molecule has 4 N–H and O–H groups in total. The SMILES string of the molecule is C[C@@H](CC(=O)Cn1cnnn1)[C@H]1C(=O)N2C(C(=O)O)=C(SC3CNC(C(=O)N4CC(F)(CN)C4)C3)[C@H](C)[C@H]12. The van der Waals surface area contributed by atoms with E-state index in [2.05, 4.69) is 20.8 Å². The first-order chi connectivity index (χ1) is 18.0. The Balaban J connectivity index is 1.22. The molecule has 2 unspecified atom stereocenters. The normalized spacial score (nSPS) is 30.6. The molecule has 0 aliphatic carbocycles. The molecule has 0 bridgehead atoms. The second-order valence-corrected chi connectivity index (χ2v) is 12.1. The van der Waals surface area contributed by atoms with Gasteiger partial charge in [0.1, 0.15) is 18.6 Å². The molecule has 6 atom stereocenters. The van der Waals surface area contributed by atoms with Crippen LogP contribution in [0.2, 0.25) is 0 Å². The highest BCUT2D eigenvalue weighted by Crippen LogP contribution is 2.53. The van der Waals surface area contributed by atoms with Crippen LogP contribution in [0.3, 0.4) is 0 Å². The van der Waals surface area contributed by atoms with Crippen LogP contribution in [0.25, 0.3) is 0 Å². The van der Waals surface area contributed by atoms with Crippen LogP contribution in [0.4, 0.5) is 4.39 Å². The summed E-state index contributed by atoms with van der Waals surface area (Å²) >= 11 is 1.39. The lowest BCUT2D eigenvalue weighted by Crippen LogP contribution is -2.66. The molecular formula is C23H31FN8O5S. The Morgan fingerprint density at radius 1 is 1.37 bits per heavy atom. The molecule has 15 heteroatoms. The monoisotopic (exact) mass is 550 g/mol. The Labute approximate surface area is 222 Å². The predicted molar refractivity (Wildman–Crippen MR) is 132 cm³/mol. The van der Waals surface area contributed by atoms with E-state index in [1.54, 1.807) is 0 Å². The number of rotatable bonds is 10. The third-order valence-corrected chi connectivity index (χ3v) is 9.50. The zero-order valence-electron chi connectivity index (χ0n) is 21.1. The van der Waals surface area contributed by atoms with Crippen molar-refractivity contribution in [1.82, 2.24) is 35.3 Å². The number of fused-ring (bicyclic) bond motifs is 1. The Kier molecular flexibility index (Phi) is 7.02. The van der Waals surface area contributed by atoms with Crippen molar-refractivity contribution in [3.8, 4) is 0 Å². The number of carboxylic acid groups (broad SMARTS) is 1. The van der Waals surface area contributed by atoms with Gasteiger partial charge in [-0.1, -0.05) is 13.8 Å². The molecule has 0 aromatic carbocycles. The summed E-state index contributed by atoms with van der Waals surface area (Å²) in [6.45, 7) is 4.08. The van der Waals surface area contributed by atoms with Gasteiger partial charge in [-0.05, 0) is 22.8 Å². The first kappa shape index (κ1) is 26.7. The zero-order valence-corrected chi connectivity index (χ0v) is 21.9. The molecule has 1 aromatic heterocycles. The summed E-state index contributed by atoms with van der Waals surface area (Å²) in [6, 6.07) is -0.813. The number of tetrazole rings is 1. The lowest BCUT2D eigenvalue weighted by molar-refractivity contribution is -0.160. The topological polar surface area (TPSA) is 177 Å². The van der Waals surface area contributed by atoms with Gasteiger partial charge in [-0.2, -0.15) is 0 Å². The number of halogens is 1. The van der Waals surface area contributed by atoms with Crippen molar-refractivity contribution < 1.29 is 28.7 Å². The molecule has 0 spiro atoms. The summed E-state index contributed by atoms with van der Waals surface area (Å²) in [7, 11) is 0. The molecule has 0 radical (unpaired) electrons. The first-order valence-corrected chi connectivity index (χ1v) is 13.5. The first-order valence-electron chi connectivity index (χ1n) is 12.6. The van der Waals surface area contributed by atoms with Gasteiger partial charge in [0.15, 0.2) is 11.5 Å². The second kappa shape index (κ2) is 10.0. The van der Waals surface area contributed by atoms with Crippen LogP contribution in [0.1, 0.15) is 26.7 Å². The highest BCUT2D eigenvalue weighted by Gasteiger charge is 2.60. The summed E-state index contributed by atoms with van der Waals surface area (Å²) in [4.78, 5) is 54.1. The molecule has 4 aliphatic rings. The lowest BCUT2D eigenvalue weighted by Gasteiger charge is -2.47. The number of ketones is 1. The summed E-state index contributed by atoms with van der Waals surface area (Å²) < 4.78 is 15.5. The number of alkyl halides is 1. The standard InChI is InChI=1S/C23H31FN8O5S/c1-11(3-13(33)6-31-10-27-28-29-31)16-17-12(2)19(18(22(36)37)32(17)21(16)35)38-14-4-15(26-5-14)20(34)30-8-23(24,7-25)9-30/h10-12,14-17,26H,3-9,25H2,1-2H3,(H,36,37)/t11-,12+,14?,15?,16+,17+/m0/s1. The van der Waals surface area contributed by atoms with Crippen LogP contribution in [0.5, 0.6) is 0 Å². The van der Waals surface area contributed by atoms with Crippen LogP contribution in [-0.4, -0.2) is 108 Å². The van der Waals surface area contributed by atoms with Gasteiger partial charge in [-0.25, -0.2) is 13.9 Å². The van der Waals surface area contributed by atoms with Crippen LogP contribution < -0.4 is 11.1 Å². The van der Waals surface area contributed by atoms with E-state index in [4.69, 9.17) is 5.73 Å². The highest BCUT2D eigenvalue weighted by atomic mass is 32.2. The van der Waals surface area contributed by atoms with Gasteiger partial charge >= 0.3 is 5.97 Å². The number of aliphatic carboxylic acids is 1. The number of nitrogens with zero attached hydrogens (tertiary/aromatic N) is 6. The van der Waals surface area contributed by atoms with Gasteiger partial charge < -0.3 is 26.0 Å². The molecule has 3 fully saturated rings. The van der Waals surface area contributed by atoms with Gasteiger partial charge in [0.25, 0.3) is 0 Å². The number of aromatic nitrogens is 4. The van der Waals surface area contributed by atoms with Gasteiger partial charge in [-0.15, -0.1) is 16.9 Å².